The molecule has 0 aliphatic carbocycles. The van der Waals surface area contributed by atoms with E-state index >= 15 is 0 Å². The van der Waals surface area contributed by atoms with Gasteiger partial charge in [-0.3, -0.25) is 4.79 Å². The monoisotopic (exact) mass is 385 g/mol. The van der Waals surface area contributed by atoms with Crippen molar-refractivity contribution in [3.63, 3.8) is 0 Å². The van der Waals surface area contributed by atoms with Crippen molar-refractivity contribution in [2.45, 2.75) is 27.4 Å². The van der Waals surface area contributed by atoms with Gasteiger partial charge in [0.05, 0.1) is 12.0 Å². The first kappa shape index (κ1) is 18.6. The molecule has 0 spiro atoms. The van der Waals surface area contributed by atoms with Gasteiger partial charge in [-0.25, -0.2) is 0 Å². The van der Waals surface area contributed by atoms with E-state index in [2.05, 4.69) is 11.1 Å². The first-order chi connectivity index (χ1) is 12.6. The third kappa shape index (κ3) is 3.16. The Kier molecular flexibility index (Phi) is 5.47. The van der Waals surface area contributed by atoms with Crippen LogP contribution in [0.3, 0.4) is 0 Å². The number of benzene rings is 2. The average molecular weight is 386 g/mol. The molecule has 0 bridgehead atoms. The lowest BCUT2D eigenvalue weighted by molar-refractivity contribution is 0.282. The summed E-state index contributed by atoms with van der Waals surface area (Å²) in [6.45, 7) is 5.85. The highest BCUT2D eigenvalue weighted by Crippen LogP contribution is 2.35. The van der Waals surface area contributed by atoms with E-state index in [0.717, 1.165) is 31.6 Å². The van der Waals surface area contributed by atoms with Gasteiger partial charge < -0.3 is 10.1 Å². The minimum atomic E-state index is -0.116. The van der Waals surface area contributed by atoms with Crippen LogP contribution in [0.25, 0.3) is 31.4 Å². The minimum Gasteiger partial charge on any atom is -0.392 e. The highest BCUT2D eigenvalue weighted by molar-refractivity contribution is 7.25. The Balaban J connectivity index is 0.000000948. The molecule has 26 heavy (non-hydrogen) atoms. The van der Waals surface area contributed by atoms with E-state index in [9.17, 15) is 4.79 Å². The molecule has 0 saturated carbocycles. The van der Waals surface area contributed by atoms with E-state index in [1.807, 2.05) is 57.2 Å². The van der Waals surface area contributed by atoms with Crippen molar-refractivity contribution in [3.05, 3.63) is 69.0 Å². The smallest absolute Gasteiger partial charge is 0.209 e. The first-order valence-electron chi connectivity index (χ1n) is 8.53. The quantitative estimate of drug-likeness (QED) is 0.452. The number of pyridine rings is 1. The van der Waals surface area contributed by atoms with Crippen LogP contribution in [0.15, 0.2) is 47.3 Å². The van der Waals surface area contributed by atoms with Crippen molar-refractivity contribution in [2.75, 3.05) is 0 Å². The maximum absolute atomic E-state index is 12.5. The van der Waals surface area contributed by atoms with E-state index in [1.54, 1.807) is 11.3 Å². The van der Waals surface area contributed by atoms with Crippen molar-refractivity contribution in [2.24, 2.45) is 0 Å². The van der Waals surface area contributed by atoms with Gasteiger partial charge in [0, 0.05) is 15.8 Å². The van der Waals surface area contributed by atoms with Crippen molar-refractivity contribution < 1.29 is 5.11 Å². The largest absolute Gasteiger partial charge is 0.392 e. The zero-order valence-corrected chi connectivity index (χ0v) is 16.5. The van der Waals surface area contributed by atoms with Crippen LogP contribution in [0.2, 0.25) is 5.02 Å². The lowest BCUT2D eigenvalue weighted by atomic mass is 10.0. The summed E-state index contributed by atoms with van der Waals surface area (Å²) in [5, 5.41) is 11.0. The highest BCUT2D eigenvalue weighted by Gasteiger charge is 2.14. The van der Waals surface area contributed by atoms with E-state index in [0.29, 0.717) is 11.1 Å². The molecule has 4 rings (SSSR count). The molecule has 4 aromatic rings. The molecular formula is C21H20ClNO2S. The summed E-state index contributed by atoms with van der Waals surface area (Å²) < 4.78 is 1.05. The molecular weight excluding hydrogens is 366 g/mol. The number of rotatable bonds is 2. The summed E-state index contributed by atoms with van der Waals surface area (Å²) in [6, 6.07) is 13.9. The Morgan fingerprint density at radius 1 is 1.08 bits per heavy atom. The Morgan fingerprint density at radius 3 is 2.38 bits per heavy atom. The standard InChI is InChI=1S/C19H14ClNO2S.C2H6/c1-10-17(20)18(23)16-14-7-6-13(8-15(14)24-19(16)21-10)12-4-2-11(9-22)3-5-12;1-2/h2-8,22H,9H2,1H3,(H,21,23);1-2H3. The van der Waals surface area contributed by atoms with E-state index in [-0.39, 0.29) is 17.1 Å². The molecule has 0 aliphatic rings. The zero-order chi connectivity index (χ0) is 18.8. The molecule has 0 aliphatic heterocycles. The predicted molar refractivity (Wildman–Crippen MR) is 112 cm³/mol. The van der Waals surface area contributed by atoms with Crippen molar-refractivity contribution >= 4 is 43.2 Å². The molecule has 0 radical (unpaired) electrons. The lowest BCUT2D eigenvalue weighted by Gasteiger charge is -2.03. The number of fused-ring (bicyclic) bond motifs is 3. The number of aromatic amines is 1. The second-order valence-corrected chi connectivity index (χ2v) is 7.20. The molecule has 3 nitrogen and oxygen atoms in total. The first-order valence-corrected chi connectivity index (χ1v) is 9.72. The molecule has 0 fully saturated rings. The second kappa shape index (κ2) is 7.62. The van der Waals surface area contributed by atoms with Gasteiger partial charge in [0.15, 0.2) is 0 Å². The van der Waals surface area contributed by atoms with Gasteiger partial charge in [0.25, 0.3) is 0 Å². The van der Waals surface area contributed by atoms with Crippen molar-refractivity contribution in [1.29, 1.82) is 0 Å². The lowest BCUT2D eigenvalue weighted by Crippen LogP contribution is -2.04. The van der Waals surface area contributed by atoms with Crippen LogP contribution in [-0.2, 0) is 6.61 Å². The van der Waals surface area contributed by atoms with Crippen LogP contribution in [0.1, 0.15) is 25.1 Å². The fraction of sp³-hybridized carbons (Fsp3) is 0.190. The average Bonchev–Trinajstić information content (AvgIpc) is 3.05. The molecule has 0 atom stereocenters. The number of thiophene rings is 1. The van der Waals surface area contributed by atoms with Crippen molar-refractivity contribution in [3.8, 4) is 11.1 Å². The summed E-state index contributed by atoms with van der Waals surface area (Å²) in [5.74, 6) is 0. The van der Waals surface area contributed by atoms with E-state index in [1.165, 1.54) is 0 Å². The number of aryl methyl sites for hydroxylation is 1. The number of hydrogen-bond donors (Lipinski definition) is 2. The van der Waals surface area contributed by atoms with Gasteiger partial charge >= 0.3 is 0 Å². The number of hydrogen-bond acceptors (Lipinski definition) is 3. The van der Waals surface area contributed by atoms with Gasteiger partial charge in [0.1, 0.15) is 9.85 Å². The van der Waals surface area contributed by atoms with Crippen molar-refractivity contribution in [1.82, 2.24) is 4.98 Å². The van der Waals surface area contributed by atoms with Gasteiger partial charge in [0.2, 0.25) is 5.43 Å². The number of halogens is 1. The maximum Gasteiger partial charge on any atom is 0.209 e. The van der Waals surface area contributed by atoms with Gasteiger partial charge in [-0.1, -0.05) is 61.8 Å². The summed E-state index contributed by atoms with van der Waals surface area (Å²) in [6.07, 6.45) is 0. The minimum absolute atomic E-state index is 0.0395. The normalized spacial score (nSPS) is 10.8. The van der Waals surface area contributed by atoms with Gasteiger partial charge in [-0.15, -0.1) is 11.3 Å². The molecule has 0 saturated heterocycles. The number of nitrogens with one attached hydrogen (secondary N) is 1. The van der Waals surface area contributed by atoms with Crippen LogP contribution in [-0.4, -0.2) is 10.1 Å². The number of aliphatic hydroxyl groups excluding tert-OH is 1. The Morgan fingerprint density at radius 2 is 1.73 bits per heavy atom. The molecule has 5 heteroatoms. The third-order valence-electron chi connectivity index (χ3n) is 4.22. The summed E-state index contributed by atoms with van der Waals surface area (Å²) in [4.78, 5) is 16.6. The summed E-state index contributed by atoms with van der Waals surface area (Å²) in [7, 11) is 0. The molecule has 2 N–H and O–H groups in total. The molecule has 134 valence electrons. The van der Waals surface area contributed by atoms with Crippen LogP contribution in [0.4, 0.5) is 0 Å². The Hall–Kier alpha value is -2.14. The molecule has 2 aromatic heterocycles. The second-order valence-electron chi connectivity index (χ2n) is 5.77. The maximum atomic E-state index is 12.5. The van der Waals surface area contributed by atoms with Crippen LogP contribution in [0, 0.1) is 6.92 Å². The number of aliphatic hydroxyl groups is 1. The third-order valence-corrected chi connectivity index (χ3v) is 5.74. The Bertz CT molecular complexity index is 1130. The number of aromatic nitrogens is 1. The topological polar surface area (TPSA) is 53.1 Å². The van der Waals surface area contributed by atoms with E-state index in [4.69, 9.17) is 16.7 Å². The fourth-order valence-corrected chi connectivity index (χ4v) is 4.23. The zero-order valence-electron chi connectivity index (χ0n) is 14.9. The van der Waals surface area contributed by atoms with Gasteiger partial charge in [-0.2, -0.15) is 0 Å². The molecule has 2 aromatic carbocycles. The molecule has 2 heterocycles. The van der Waals surface area contributed by atoms with Gasteiger partial charge in [-0.05, 0) is 29.7 Å². The molecule has 0 amide bonds. The SMILES string of the molecule is CC.Cc1[nH]c2sc3cc(-c4ccc(CO)cc4)ccc3c2c(=O)c1Cl. The van der Waals surface area contributed by atoms with E-state index < -0.39 is 0 Å². The Labute approximate surface area is 160 Å². The van der Waals surface area contributed by atoms with Crippen LogP contribution < -0.4 is 5.43 Å². The van der Waals surface area contributed by atoms with Crippen LogP contribution >= 0.6 is 22.9 Å². The molecule has 0 unspecified atom stereocenters. The highest BCUT2D eigenvalue weighted by atomic mass is 35.5. The predicted octanol–water partition coefficient (Wildman–Crippen LogP) is 5.89. The number of H-pyrrole nitrogens is 1. The fourth-order valence-electron chi connectivity index (χ4n) is 2.90. The van der Waals surface area contributed by atoms with Crippen LogP contribution in [0.5, 0.6) is 0 Å². The summed E-state index contributed by atoms with van der Waals surface area (Å²) >= 11 is 7.67. The summed E-state index contributed by atoms with van der Waals surface area (Å²) in [5.41, 5.74) is 3.62.